The number of rotatable bonds is 3. The molecule has 1 aromatic carbocycles. The van der Waals surface area contributed by atoms with E-state index in [0.717, 1.165) is 12.1 Å². The summed E-state index contributed by atoms with van der Waals surface area (Å²) in [7, 11) is 0. The second-order valence-electron chi connectivity index (χ2n) is 6.74. The maximum atomic E-state index is 13.3. The third-order valence-electron chi connectivity index (χ3n) is 3.66. The summed E-state index contributed by atoms with van der Waals surface area (Å²) in [5.41, 5.74) is -1.29. The Morgan fingerprint density at radius 2 is 1.64 bits per heavy atom. The number of hydrogen-bond donors (Lipinski definition) is 1. The molecule has 0 amide bonds. The van der Waals surface area contributed by atoms with Crippen molar-refractivity contribution >= 4 is 11.9 Å². The second-order valence-corrected chi connectivity index (χ2v) is 6.74. The molecule has 1 aliphatic rings. The van der Waals surface area contributed by atoms with Gasteiger partial charge in [0.15, 0.2) is 11.6 Å². The fourth-order valence-corrected chi connectivity index (χ4v) is 2.76. The lowest BCUT2D eigenvalue weighted by Crippen LogP contribution is -2.36. The minimum absolute atomic E-state index is 0.0197. The van der Waals surface area contributed by atoms with Gasteiger partial charge in [-0.1, -0.05) is 0 Å². The molecule has 120 valence electrons. The molecule has 0 spiro atoms. The van der Waals surface area contributed by atoms with Gasteiger partial charge in [0.2, 0.25) is 0 Å². The minimum atomic E-state index is -1.41. The molecule has 1 N–H and O–H groups in total. The fourth-order valence-electron chi connectivity index (χ4n) is 2.76. The first-order chi connectivity index (χ1) is 10.0. The summed E-state index contributed by atoms with van der Waals surface area (Å²) in [5.74, 6) is -3.84. The van der Waals surface area contributed by atoms with E-state index in [1.165, 1.54) is 0 Å². The first kappa shape index (κ1) is 16.4. The molecular formula is C16H18F2O4. The molecule has 0 aliphatic heterocycles. The van der Waals surface area contributed by atoms with E-state index in [0.29, 0.717) is 11.1 Å². The molecule has 22 heavy (non-hydrogen) atoms. The summed E-state index contributed by atoms with van der Waals surface area (Å²) in [6.45, 7) is 5.06. The maximum Gasteiger partial charge on any atom is 0.310 e. The van der Waals surface area contributed by atoms with Gasteiger partial charge in [-0.15, -0.1) is 0 Å². The molecule has 0 aromatic heterocycles. The van der Waals surface area contributed by atoms with Crippen molar-refractivity contribution in [2.75, 3.05) is 0 Å². The average molecular weight is 312 g/mol. The number of fused-ring (bicyclic) bond motifs is 1. The standard InChI is InChI=1S/C16H18F2O4/c1-15(2,3)22-13(19)8-16(14(20)21)6-9-4-11(17)12(18)5-10(9)7-16/h4-5H,6-8H2,1-3H3,(H,20,21). The van der Waals surface area contributed by atoms with Crippen LogP contribution in [0.5, 0.6) is 0 Å². The van der Waals surface area contributed by atoms with Crippen molar-refractivity contribution in [3.05, 3.63) is 34.9 Å². The third-order valence-corrected chi connectivity index (χ3v) is 3.66. The summed E-state index contributed by atoms with van der Waals surface area (Å²) in [4.78, 5) is 23.6. The van der Waals surface area contributed by atoms with Crippen LogP contribution in [0.4, 0.5) is 8.78 Å². The van der Waals surface area contributed by atoms with Crippen LogP contribution in [0, 0.1) is 17.0 Å². The van der Waals surface area contributed by atoms with Crippen LogP contribution in [-0.2, 0) is 27.2 Å². The number of halogens is 2. The highest BCUT2D eigenvalue weighted by atomic mass is 19.2. The molecule has 0 saturated heterocycles. The summed E-state index contributed by atoms with van der Waals surface area (Å²) < 4.78 is 31.8. The summed E-state index contributed by atoms with van der Waals surface area (Å²) in [6.07, 6.45) is -0.375. The molecule has 0 atom stereocenters. The van der Waals surface area contributed by atoms with Gasteiger partial charge in [-0.3, -0.25) is 9.59 Å². The predicted octanol–water partition coefficient (Wildman–Crippen LogP) is 2.87. The highest BCUT2D eigenvalue weighted by molar-refractivity contribution is 5.84. The number of carboxylic acids is 1. The maximum absolute atomic E-state index is 13.3. The molecule has 1 aromatic rings. The average Bonchev–Trinajstić information content (AvgIpc) is 2.65. The van der Waals surface area contributed by atoms with E-state index in [1.54, 1.807) is 20.8 Å². The fraction of sp³-hybridized carbons (Fsp3) is 0.500. The van der Waals surface area contributed by atoms with Crippen molar-refractivity contribution in [2.24, 2.45) is 5.41 Å². The van der Waals surface area contributed by atoms with E-state index in [2.05, 4.69) is 0 Å². The van der Waals surface area contributed by atoms with Crippen LogP contribution in [0.25, 0.3) is 0 Å². The van der Waals surface area contributed by atoms with E-state index >= 15 is 0 Å². The van der Waals surface area contributed by atoms with Gasteiger partial charge in [0, 0.05) is 0 Å². The largest absolute Gasteiger partial charge is 0.481 e. The Morgan fingerprint density at radius 3 is 2.00 bits per heavy atom. The van der Waals surface area contributed by atoms with Gasteiger partial charge in [0.1, 0.15) is 5.60 Å². The van der Waals surface area contributed by atoms with Gasteiger partial charge in [-0.05, 0) is 56.9 Å². The molecule has 0 fully saturated rings. The van der Waals surface area contributed by atoms with Gasteiger partial charge in [0.05, 0.1) is 11.8 Å². The van der Waals surface area contributed by atoms with Gasteiger partial charge in [-0.2, -0.15) is 0 Å². The first-order valence-corrected chi connectivity index (χ1v) is 6.94. The highest BCUT2D eigenvalue weighted by Gasteiger charge is 2.47. The number of esters is 1. The van der Waals surface area contributed by atoms with Crippen LogP contribution in [-0.4, -0.2) is 22.6 Å². The molecule has 4 nitrogen and oxygen atoms in total. The molecule has 0 saturated carbocycles. The van der Waals surface area contributed by atoms with Crippen molar-refractivity contribution in [1.29, 1.82) is 0 Å². The van der Waals surface area contributed by atoms with Crippen molar-refractivity contribution in [1.82, 2.24) is 0 Å². The molecule has 0 bridgehead atoms. The van der Waals surface area contributed by atoms with Gasteiger partial charge in [0.25, 0.3) is 0 Å². The van der Waals surface area contributed by atoms with Crippen LogP contribution in [0.3, 0.4) is 0 Å². The number of benzene rings is 1. The Bertz CT molecular complexity index is 601. The van der Waals surface area contributed by atoms with Crippen molar-refractivity contribution in [3.8, 4) is 0 Å². The van der Waals surface area contributed by atoms with Crippen LogP contribution in [0.2, 0.25) is 0 Å². The highest BCUT2D eigenvalue weighted by Crippen LogP contribution is 2.41. The van der Waals surface area contributed by atoms with Crippen LogP contribution in [0.15, 0.2) is 12.1 Å². The summed E-state index contributed by atoms with van der Waals surface area (Å²) >= 11 is 0. The lowest BCUT2D eigenvalue weighted by atomic mass is 9.81. The number of carbonyl (C=O) groups excluding carboxylic acids is 1. The number of hydrogen-bond acceptors (Lipinski definition) is 3. The SMILES string of the molecule is CC(C)(C)OC(=O)CC1(C(=O)O)Cc2cc(F)c(F)cc2C1. The lowest BCUT2D eigenvalue weighted by Gasteiger charge is -2.26. The van der Waals surface area contributed by atoms with Crippen LogP contribution < -0.4 is 0 Å². The van der Waals surface area contributed by atoms with E-state index in [1.807, 2.05) is 0 Å². The van der Waals surface area contributed by atoms with Crippen molar-refractivity contribution in [2.45, 2.75) is 45.6 Å². The predicted molar refractivity (Wildman–Crippen MR) is 74.3 cm³/mol. The Labute approximate surface area is 127 Å². The Hall–Kier alpha value is -1.98. The monoisotopic (exact) mass is 312 g/mol. The summed E-state index contributed by atoms with van der Waals surface area (Å²) in [5, 5.41) is 9.53. The van der Waals surface area contributed by atoms with Crippen molar-refractivity contribution < 1.29 is 28.2 Å². The van der Waals surface area contributed by atoms with Gasteiger partial charge >= 0.3 is 11.9 Å². The molecule has 6 heteroatoms. The molecule has 0 heterocycles. The summed E-state index contributed by atoms with van der Waals surface area (Å²) in [6, 6.07) is 2.01. The zero-order valence-corrected chi connectivity index (χ0v) is 12.7. The van der Waals surface area contributed by atoms with Gasteiger partial charge in [-0.25, -0.2) is 8.78 Å². The Morgan fingerprint density at radius 1 is 1.18 bits per heavy atom. The normalized spacial score (nSPS) is 16.2. The van der Waals surface area contributed by atoms with E-state index in [-0.39, 0.29) is 19.3 Å². The molecule has 0 unspecified atom stereocenters. The Balaban J connectivity index is 2.26. The molecular weight excluding hydrogens is 294 g/mol. The zero-order chi connectivity index (χ0) is 16.7. The van der Waals surface area contributed by atoms with Crippen molar-refractivity contribution in [3.63, 3.8) is 0 Å². The number of carboxylic acid groups (broad SMARTS) is 1. The topological polar surface area (TPSA) is 63.6 Å². The lowest BCUT2D eigenvalue weighted by molar-refractivity contribution is -0.164. The second kappa shape index (κ2) is 5.34. The van der Waals surface area contributed by atoms with E-state index in [9.17, 15) is 23.5 Å². The van der Waals surface area contributed by atoms with E-state index in [4.69, 9.17) is 4.74 Å². The number of carbonyl (C=O) groups is 2. The Kier molecular flexibility index (Phi) is 3.98. The first-order valence-electron chi connectivity index (χ1n) is 6.94. The van der Waals surface area contributed by atoms with Crippen LogP contribution >= 0.6 is 0 Å². The number of ether oxygens (including phenoxy) is 1. The van der Waals surface area contributed by atoms with Crippen LogP contribution in [0.1, 0.15) is 38.3 Å². The zero-order valence-electron chi connectivity index (χ0n) is 12.7. The molecule has 2 rings (SSSR count). The van der Waals surface area contributed by atoms with E-state index < -0.39 is 34.6 Å². The molecule has 0 radical (unpaired) electrons. The smallest absolute Gasteiger partial charge is 0.310 e. The number of aliphatic carboxylic acids is 1. The third kappa shape index (κ3) is 3.26. The molecule has 1 aliphatic carbocycles. The minimum Gasteiger partial charge on any atom is -0.481 e. The quantitative estimate of drug-likeness (QED) is 0.872. The van der Waals surface area contributed by atoms with Gasteiger partial charge < -0.3 is 9.84 Å².